The van der Waals surface area contributed by atoms with Crippen molar-refractivity contribution in [3.63, 3.8) is 0 Å². The molecule has 2 aromatic carbocycles. The molecule has 9 nitrogen and oxygen atoms in total. The summed E-state index contributed by atoms with van der Waals surface area (Å²) in [5.41, 5.74) is 10.1. The van der Waals surface area contributed by atoms with Gasteiger partial charge in [0.05, 0.1) is 44.3 Å². The third-order valence-corrected chi connectivity index (χ3v) is 9.07. The highest BCUT2D eigenvalue weighted by atomic mass is 32.2. The topological polar surface area (TPSA) is 123 Å². The van der Waals surface area contributed by atoms with Crippen LogP contribution in [0, 0.1) is 6.92 Å². The largest absolute Gasteiger partial charge is 0.365 e. The molecule has 0 atom stereocenters. The van der Waals surface area contributed by atoms with E-state index in [1.54, 1.807) is 18.5 Å². The Morgan fingerprint density at radius 1 is 1.11 bits per heavy atom. The minimum atomic E-state index is -3.56. The second-order valence-corrected chi connectivity index (χ2v) is 11.5. The van der Waals surface area contributed by atoms with Crippen molar-refractivity contribution in [1.82, 2.24) is 19.4 Å². The lowest BCUT2D eigenvalue weighted by atomic mass is 10.1. The van der Waals surface area contributed by atoms with Crippen LogP contribution in [0.3, 0.4) is 0 Å². The van der Waals surface area contributed by atoms with Crippen molar-refractivity contribution in [2.75, 3.05) is 25.5 Å². The first kappa shape index (κ1) is 23.3. The van der Waals surface area contributed by atoms with Crippen LogP contribution in [0.15, 0.2) is 47.8 Å². The predicted octanol–water partition coefficient (Wildman–Crippen LogP) is 3.14. The Kier molecular flexibility index (Phi) is 5.72. The fourth-order valence-corrected chi connectivity index (χ4v) is 6.61. The first-order chi connectivity index (χ1) is 16.6. The summed E-state index contributed by atoms with van der Waals surface area (Å²) in [5, 5.41) is 3.42. The number of pyridine rings is 1. The Morgan fingerprint density at radius 3 is 2.57 bits per heavy atom. The van der Waals surface area contributed by atoms with Gasteiger partial charge >= 0.3 is 0 Å². The van der Waals surface area contributed by atoms with E-state index in [2.05, 4.69) is 20.2 Å². The molecule has 10 heteroatoms. The molecule has 35 heavy (non-hydrogen) atoms. The van der Waals surface area contributed by atoms with E-state index in [4.69, 9.17) is 5.73 Å². The number of nitrogens with zero attached hydrogens (tertiary/aromatic N) is 4. The Hall–Kier alpha value is -3.50. The summed E-state index contributed by atoms with van der Waals surface area (Å²) in [7, 11) is 0.344. The number of nitrogens with two attached hydrogens (primary N) is 1. The number of anilines is 2. The van der Waals surface area contributed by atoms with Gasteiger partial charge in [-0.05, 0) is 75.8 Å². The highest BCUT2D eigenvalue weighted by Gasteiger charge is 2.31. The molecule has 0 radical (unpaired) electrons. The van der Waals surface area contributed by atoms with Crippen LogP contribution in [-0.4, -0.2) is 59.1 Å². The molecule has 0 aliphatic carbocycles. The molecule has 3 N–H and O–H groups in total. The SMILES string of the molecule is Cc1cc(S(=O)(=O)C2CCN(C)CC2)cc2c(Nc3ccc4ncn(C)c4c3)c(C(N)=O)cnc12. The number of fused-ring (bicyclic) bond motifs is 2. The van der Waals surface area contributed by atoms with Gasteiger partial charge in [0.1, 0.15) is 0 Å². The lowest BCUT2D eigenvalue weighted by Crippen LogP contribution is -2.37. The van der Waals surface area contributed by atoms with E-state index in [9.17, 15) is 13.2 Å². The average Bonchev–Trinajstić information content (AvgIpc) is 3.19. The van der Waals surface area contributed by atoms with Gasteiger partial charge in [0.15, 0.2) is 9.84 Å². The number of piperidine rings is 1. The zero-order valence-corrected chi connectivity index (χ0v) is 20.8. The number of aromatic nitrogens is 3. The average molecular weight is 493 g/mol. The highest BCUT2D eigenvalue weighted by molar-refractivity contribution is 7.92. The number of hydrogen-bond donors (Lipinski definition) is 2. The molecule has 3 heterocycles. The highest BCUT2D eigenvalue weighted by Crippen LogP contribution is 2.35. The van der Waals surface area contributed by atoms with Gasteiger partial charge in [0.2, 0.25) is 0 Å². The molecule has 0 unspecified atom stereocenters. The number of sulfone groups is 1. The van der Waals surface area contributed by atoms with Crippen LogP contribution < -0.4 is 11.1 Å². The van der Waals surface area contributed by atoms with E-state index in [1.165, 1.54) is 6.20 Å². The third-order valence-electron chi connectivity index (χ3n) is 6.83. The van der Waals surface area contributed by atoms with Crippen molar-refractivity contribution in [3.8, 4) is 0 Å². The third kappa shape index (κ3) is 4.12. The van der Waals surface area contributed by atoms with Crippen LogP contribution in [0.5, 0.6) is 0 Å². The molecule has 0 saturated carbocycles. The molecule has 1 fully saturated rings. The molecular weight excluding hydrogens is 464 g/mol. The van der Waals surface area contributed by atoms with Gasteiger partial charge in [0.25, 0.3) is 5.91 Å². The fraction of sp³-hybridized carbons (Fsp3) is 0.320. The van der Waals surface area contributed by atoms with Crippen LogP contribution in [0.4, 0.5) is 11.4 Å². The molecule has 5 rings (SSSR count). The molecular formula is C25H28N6O3S. The van der Waals surface area contributed by atoms with Gasteiger partial charge in [-0.25, -0.2) is 13.4 Å². The maximum absolute atomic E-state index is 13.6. The van der Waals surface area contributed by atoms with E-state index < -0.39 is 21.0 Å². The Bertz CT molecular complexity index is 1570. The van der Waals surface area contributed by atoms with E-state index in [0.717, 1.165) is 35.4 Å². The number of amides is 1. The van der Waals surface area contributed by atoms with E-state index in [0.29, 0.717) is 29.4 Å². The van der Waals surface area contributed by atoms with Crippen LogP contribution >= 0.6 is 0 Å². The van der Waals surface area contributed by atoms with Gasteiger partial charge < -0.3 is 20.5 Å². The molecule has 4 aromatic rings. The maximum Gasteiger partial charge on any atom is 0.252 e. The number of hydrogen-bond acceptors (Lipinski definition) is 7. The smallest absolute Gasteiger partial charge is 0.252 e. The normalized spacial score (nSPS) is 15.6. The van der Waals surface area contributed by atoms with Crippen molar-refractivity contribution in [2.45, 2.75) is 29.9 Å². The summed E-state index contributed by atoms with van der Waals surface area (Å²) in [6.07, 6.45) is 4.35. The van der Waals surface area contributed by atoms with Crippen molar-refractivity contribution in [2.24, 2.45) is 12.8 Å². The van der Waals surface area contributed by atoms with E-state index in [-0.39, 0.29) is 10.5 Å². The van der Waals surface area contributed by atoms with Crippen molar-refractivity contribution in [1.29, 1.82) is 0 Å². The van der Waals surface area contributed by atoms with Crippen molar-refractivity contribution in [3.05, 3.63) is 54.0 Å². The predicted molar refractivity (Wildman–Crippen MR) is 137 cm³/mol. The summed E-state index contributed by atoms with van der Waals surface area (Å²) < 4.78 is 29.0. The number of nitrogens with one attached hydrogen (secondary N) is 1. The minimum absolute atomic E-state index is 0.191. The van der Waals surface area contributed by atoms with Crippen LogP contribution in [0.1, 0.15) is 28.8 Å². The standard InChI is InChI=1S/C25H28N6O3S/c1-15-10-18(35(33,34)17-6-8-30(2)9-7-17)12-19-23(15)27-13-20(25(26)32)24(19)29-16-4-5-21-22(11-16)31(3)14-28-21/h4-5,10-14,17H,6-9H2,1-3H3,(H2,26,32)(H,27,29). The number of imidazole rings is 1. The Balaban J connectivity index is 1.66. The van der Waals surface area contributed by atoms with Gasteiger partial charge in [-0.15, -0.1) is 0 Å². The van der Waals surface area contributed by atoms with Gasteiger partial charge in [-0.3, -0.25) is 9.78 Å². The lowest BCUT2D eigenvalue weighted by Gasteiger charge is -2.28. The second-order valence-electron chi connectivity index (χ2n) is 9.28. The number of primary amides is 1. The first-order valence-corrected chi connectivity index (χ1v) is 13.0. The number of aryl methyl sites for hydroxylation is 2. The quantitative estimate of drug-likeness (QED) is 0.439. The summed E-state index contributed by atoms with van der Waals surface area (Å²) in [4.78, 5) is 23.5. The zero-order chi connectivity index (χ0) is 24.9. The number of carbonyl (C=O) groups is 1. The molecule has 1 amide bonds. The number of benzene rings is 2. The van der Waals surface area contributed by atoms with Crippen LogP contribution in [-0.2, 0) is 16.9 Å². The summed E-state index contributed by atoms with van der Waals surface area (Å²) in [5.74, 6) is -0.648. The number of likely N-dealkylation sites (tertiary alicyclic amines) is 1. The molecule has 1 aliphatic heterocycles. The minimum Gasteiger partial charge on any atom is -0.365 e. The molecule has 182 valence electrons. The molecule has 1 saturated heterocycles. The molecule has 0 bridgehead atoms. The van der Waals surface area contributed by atoms with Crippen molar-refractivity contribution < 1.29 is 13.2 Å². The van der Waals surface area contributed by atoms with Gasteiger partial charge in [-0.1, -0.05) is 0 Å². The Labute approximate surface area is 203 Å². The van der Waals surface area contributed by atoms with Gasteiger partial charge in [-0.2, -0.15) is 0 Å². The maximum atomic E-state index is 13.6. The number of rotatable bonds is 5. The fourth-order valence-electron chi connectivity index (χ4n) is 4.77. The van der Waals surface area contributed by atoms with Crippen LogP contribution in [0.25, 0.3) is 21.9 Å². The summed E-state index contributed by atoms with van der Waals surface area (Å²) >= 11 is 0. The van der Waals surface area contributed by atoms with Crippen LogP contribution in [0.2, 0.25) is 0 Å². The lowest BCUT2D eigenvalue weighted by molar-refractivity contribution is 0.100. The second kappa shape index (κ2) is 8.62. The van der Waals surface area contributed by atoms with Crippen molar-refractivity contribution >= 4 is 49.1 Å². The zero-order valence-electron chi connectivity index (χ0n) is 19.9. The summed E-state index contributed by atoms with van der Waals surface area (Å²) in [6.45, 7) is 3.32. The Morgan fingerprint density at radius 2 is 1.86 bits per heavy atom. The molecule has 0 spiro atoms. The monoisotopic (exact) mass is 492 g/mol. The van der Waals surface area contributed by atoms with Gasteiger partial charge in [0, 0.05) is 24.3 Å². The van der Waals surface area contributed by atoms with E-state index >= 15 is 0 Å². The molecule has 1 aliphatic rings. The van der Waals surface area contributed by atoms with E-state index in [1.807, 2.05) is 43.8 Å². The first-order valence-electron chi connectivity index (χ1n) is 11.5. The molecule has 2 aromatic heterocycles. The summed E-state index contributed by atoms with van der Waals surface area (Å²) in [6, 6.07) is 8.97. The number of carbonyl (C=O) groups excluding carboxylic acids is 1.